The molecule has 138 valence electrons. The van der Waals surface area contributed by atoms with E-state index in [4.69, 9.17) is 14.5 Å². The lowest BCUT2D eigenvalue weighted by Crippen LogP contribution is -2.02. The fraction of sp³-hybridized carbons (Fsp3) is 0.364. The predicted octanol–water partition coefficient (Wildman–Crippen LogP) is 5.36. The number of rotatable bonds is 8. The summed E-state index contributed by atoms with van der Waals surface area (Å²) < 4.78 is 10.9. The van der Waals surface area contributed by atoms with E-state index in [0.717, 1.165) is 41.7 Å². The van der Waals surface area contributed by atoms with Crippen LogP contribution in [-0.4, -0.2) is 24.2 Å². The second-order valence-electron chi connectivity index (χ2n) is 5.98. The molecule has 0 radical (unpaired) electrons. The number of hydrogen-bond acceptors (Lipinski definition) is 4. The normalized spacial score (nSPS) is 12.4. The minimum Gasteiger partial charge on any atom is -0.493 e. The Hall–Kier alpha value is -2.62. The van der Waals surface area contributed by atoms with Gasteiger partial charge in [0.25, 0.3) is 0 Å². The second-order valence-corrected chi connectivity index (χ2v) is 5.98. The largest absolute Gasteiger partial charge is 0.493 e. The number of fused-ring (bicyclic) bond motifs is 1. The number of methoxy groups -OCH3 is 2. The van der Waals surface area contributed by atoms with Gasteiger partial charge in [-0.25, -0.2) is 9.97 Å². The van der Waals surface area contributed by atoms with Gasteiger partial charge in [-0.3, -0.25) is 0 Å². The van der Waals surface area contributed by atoms with Crippen LogP contribution in [0.25, 0.3) is 10.9 Å². The van der Waals surface area contributed by atoms with E-state index in [1.807, 2.05) is 19.1 Å². The summed E-state index contributed by atoms with van der Waals surface area (Å²) >= 11 is 0. The van der Waals surface area contributed by atoms with E-state index in [0.29, 0.717) is 11.5 Å². The van der Waals surface area contributed by atoms with E-state index in [1.165, 1.54) is 5.57 Å². The Balaban J connectivity index is 2.27. The van der Waals surface area contributed by atoms with Crippen molar-refractivity contribution < 1.29 is 9.47 Å². The summed E-state index contributed by atoms with van der Waals surface area (Å²) in [5.41, 5.74) is 3.02. The van der Waals surface area contributed by atoms with Gasteiger partial charge in [0, 0.05) is 17.5 Å². The highest BCUT2D eigenvalue weighted by Crippen LogP contribution is 2.35. The molecule has 0 spiro atoms. The Kier molecular flexibility index (Phi) is 7.39. The molecule has 4 heteroatoms. The summed E-state index contributed by atoms with van der Waals surface area (Å²) in [5.74, 6) is 2.16. The third-order valence-electron chi connectivity index (χ3n) is 4.25. The molecule has 0 aliphatic carbocycles. The Morgan fingerprint density at radius 3 is 2.58 bits per heavy atom. The van der Waals surface area contributed by atoms with E-state index in [-0.39, 0.29) is 0 Å². The van der Waals surface area contributed by atoms with Gasteiger partial charge in [0.15, 0.2) is 11.5 Å². The van der Waals surface area contributed by atoms with E-state index in [1.54, 1.807) is 14.2 Å². The molecule has 0 saturated heterocycles. The van der Waals surface area contributed by atoms with Gasteiger partial charge in [0.1, 0.15) is 11.3 Å². The maximum absolute atomic E-state index is 5.54. The maximum Gasteiger partial charge on any atom is 0.187 e. The second kappa shape index (κ2) is 9.76. The molecule has 1 heterocycles. The zero-order valence-electron chi connectivity index (χ0n) is 16.4. The first kappa shape index (κ1) is 19.7. The molecule has 0 saturated carbocycles. The molecule has 0 N–H and O–H groups in total. The number of aryl methyl sites for hydroxylation is 2. The van der Waals surface area contributed by atoms with Crippen LogP contribution in [0.2, 0.25) is 0 Å². The molecule has 0 amide bonds. The minimum atomic E-state index is 0.660. The average molecular weight is 352 g/mol. The van der Waals surface area contributed by atoms with Crippen molar-refractivity contribution in [2.75, 3.05) is 14.2 Å². The van der Waals surface area contributed by atoms with Crippen molar-refractivity contribution in [1.29, 1.82) is 0 Å². The molecule has 0 aliphatic rings. The summed E-state index contributed by atoms with van der Waals surface area (Å²) in [7, 11) is 3.28. The lowest BCUT2D eigenvalue weighted by Gasteiger charge is -2.12. The van der Waals surface area contributed by atoms with Gasteiger partial charge in [-0.2, -0.15) is 0 Å². The van der Waals surface area contributed by atoms with Gasteiger partial charge in [-0.15, -0.1) is 0 Å². The van der Waals surface area contributed by atoms with E-state index < -0.39 is 0 Å². The van der Waals surface area contributed by atoms with Crippen molar-refractivity contribution in [2.45, 2.75) is 40.0 Å². The first-order chi connectivity index (χ1) is 12.6. The fourth-order valence-electron chi connectivity index (χ4n) is 2.81. The Morgan fingerprint density at radius 2 is 1.92 bits per heavy atom. The highest BCUT2D eigenvalue weighted by atomic mass is 16.5. The molecular weight excluding hydrogens is 324 g/mol. The molecular formula is C22H28N2O2. The topological polar surface area (TPSA) is 44.2 Å². The summed E-state index contributed by atoms with van der Waals surface area (Å²) in [6, 6.07) is 3.87. The monoisotopic (exact) mass is 352 g/mol. The Morgan fingerprint density at radius 1 is 1.12 bits per heavy atom. The van der Waals surface area contributed by atoms with Gasteiger partial charge >= 0.3 is 0 Å². The average Bonchev–Trinajstić information content (AvgIpc) is 2.66. The molecule has 0 bridgehead atoms. The third-order valence-corrected chi connectivity index (χ3v) is 4.25. The van der Waals surface area contributed by atoms with Crippen molar-refractivity contribution >= 4 is 10.9 Å². The van der Waals surface area contributed by atoms with Crippen LogP contribution in [0.1, 0.15) is 38.2 Å². The van der Waals surface area contributed by atoms with Crippen molar-refractivity contribution in [3.8, 4) is 11.5 Å². The number of aromatic nitrogens is 2. The van der Waals surface area contributed by atoms with Crippen molar-refractivity contribution in [2.24, 2.45) is 0 Å². The number of hydrogen-bond donors (Lipinski definition) is 0. The number of allylic oxidation sites excluding steroid dienone is 6. The van der Waals surface area contributed by atoms with Crippen LogP contribution in [0.4, 0.5) is 0 Å². The number of benzene rings is 1. The summed E-state index contributed by atoms with van der Waals surface area (Å²) in [6.45, 7) is 6.19. The molecule has 1 aromatic carbocycles. The van der Waals surface area contributed by atoms with Gasteiger partial charge in [-0.1, -0.05) is 42.9 Å². The predicted molar refractivity (Wildman–Crippen MR) is 108 cm³/mol. The van der Waals surface area contributed by atoms with Crippen LogP contribution >= 0.6 is 0 Å². The van der Waals surface area contributed by atoms with Crippen molar-refractivity contribution in [3.63, 3.8) is 0 Å². The first-order valence-corrected chi connectivity index (χ1v) is 9.01. The number of ether oxygens (including phenoxy) is 2. The molecule has 2 aromatic rings. The summed E-state index contributed by atoms with van der Waals surface area (Å²) in [6.07, 6.45) is 13.3. The molecule has 0 atom stereocenters. The third kappa shape index (κ3) is 4.72. The molecule has 0 aliphatic heterocycles. The van der Waals surface area contributed by atoms with Crippen LogP contribution in [0.15, 0.2) is 48.1 Å². The van der Waals surface area contributed by atoms with Gasteiger partial charge in [0.05, 0.1) is 14.2 Å². The highest BCUT2D eigenvalue weighted by Gasteiger charge is 2.14. The zero-order valence-corrected chi connectivity index (χ0v) is 16.4. The van der Waals surface area contributed by atoms with Crippen LogP contribution in [0.5, 0.6) is 11.5 Å². The molecule has 4 nitrogen and oxygen atoms in total. The first-order valence-electron chi connectivity index (χ1n) is 9.01. The van der Waals surface area contributed by atoms with Crippen LogP contribution in [0.3, 0.4) is 0 Å². The SMILES string of the molecule is C\C=C(/C=C\C=C\CC)CCc1nc(C)c2ccc(OC)c(OC)c2n1. The van der Waals surface area contributed by atoms with Gasteiger partial charge in [0.2, 0.25) is 0 Å². The fourth-order valence-corrected chi connectivity index (χ4v) is 2.81. The van der Waals surface area contributed by atoms with Gasteiger partial charge in [-0.05, 0) is 38.8 Å². The minimum absolute atomic E-state index is 0.660. The molecule has 2 rings (SSSR count). The Labute approximate surface area is 156 Å². The standard InChI is InChI=1S/C22H28N2O2/c1-6-8-9-10-11-17(7-2)12-15-20-23-16(3)18-13-14-19(25-4)22(26-5)21(18)24-20/h7-11,13-14H,6,12,15H2,1-5H3/b9-8+,11-10-,17-7+. The van der Waals surface area contributed by atoms with Crippen LogP contribution in [-0.2, 0) is 6.42 Å². The van der Waals surface area contributed by atoms with Crippen LogP contribution < -0.4 is 9.47 Å². The van der Waals surface area contributed by atoms with Gasteiger partial charge < -0.3 is 9.47 Å². The van der Waals surface area contributed by atoms with Crippen molar-refractivity contribution in [3.05, 3.63) is 59.6 Å². The van der Waals surface area contributed by atoms with E-state index in [9.17, 15) is 0 Å². The number of nitrogens with zero attached hydrogens (tertiary/aromatic N) is 2. The van der Waals surface area contributed by atoms with E-state index >= 15 is 0 Å². The lowest BCUT2D eigenvalue weighted by molar-refractivity contribution is 0.358. The van der Waals surface area contributed by atoms with E-state index in [2.05, 4.69) is 49.2 Å². The zero-order chi connectivity index (χ0) is 18.9. The smallest absolute Gasteiger partial charge is 0.187 e. The maximum atomic E-state index is 5.54. The quantitative estimate of drug-likeness (QED) is 0.600. The molecule has 0 fully saturated rings. The van der Waals surface area contributed by atoms with Crippen molar-refractivity contribution in [1.82, 2.24) is 9.97 Å². The molecule has 1 aromatic heterocycles. The Bertz CT molecular complexity index is 836. The highest BCUT2D eigenvalue weighted by molar-refractivity contribution is 5.88. The summed E-state index contributed by atoms with van der Waals surface area (Å²) in [4.78, 5) is 9.43. The van der Waals surface area contributed by atoms with Crippen LogP contribution in [0, 0.1) is 6.92 Å². The lowest BCUT2D eigenvalue weighted by atomic mass is 10.1. The molecule has 26 heavy (non-hydrogen) atoms. The summed E-state index contributed by atoms with van der Waals surface area (Å²) in [5, 5.41) is 0.988. The molecule has 0 unspecified atom stereocenters.